The number of amides is 2. The molecule has 6 heteroatoms. The Morgan fingerprint density at radius 1 is 1.04 bits per heavy atom. The molecule has 3 rings (SSSR count). The number of rotatable bonds is 6. The van der Waals surface area contributed by atoms with Crippen LogP contribution in [0.1, 0.15) is 44.1 Å². The smallest absolute Gasteiger partial charge is 0.227 e. The molecule has 2 N–H and O–H groups in total. The van der Waals surface area contributed by atoms with Crippen LogP contribution in [0.2, 0.25) is 0 Å². The molecule has 0 atom stereocenters. The van der Waals surface area contributed by atoms with Crippen molar-refractivity contribution in [2.45, 2.75) is 44.9 Å². The Morgan fingerprint density at radius 2 is 1.68 bits per heavy atom. The van der Waals surface area contributed by atoms with Gasteiger partial charge in [0.15, 0.2) is 0 Å². The Hall–Kier alpha value is -2.08. The van der Waals surface area contributed by atoms with Crippen molar-refractivity contribution in [1.29, 1.82) is 0 Å². The summed E-state index contributed by atoms with van der Waals surface area (Å²) in [6.07, 6.45) is 6.66. The number of carbonyl (C=O) groups is 2. The highest BCUT2D eigenvalue weighted by Gasteiger charge is 2.35. The Morgan fingerprint density at radius 3 is 2.29 bits per heavy atom. The summed E-state index contributed by atoms with van der Waals surface area (Å²) in [6.45, 7) is 3.03. The average Bonchev–Trinajstić information content (AvgIpc) is 2.74. The van der Waals surface area contributed by atoms with Crippen LogP contribution < -0.4 is 10.5 Å². The molecule has 1 aromatic carbocycles. The van der Waals surface area contributed by atoms with Gasteiger partial charge in [-0.25, -0.2) is 0 Å². The second-order valence-electron chi connectivity index (χ2n) is 8.23. The fourth-order valence-corrected chi connectivity index (χ4v) is 4.46. The Balaban J connectivity index is 1.49. The first-order valence-corrected chi connectivity index (χ1v) is 10.4. The van der Waals surface area contributed by atoms with Crippen LogP contribution in [0, 0.1) is 5.41 Å². The van der Waals surface area contributed by atoms with Gasteiger partial charge in [0.25, 0.3) is 0 Å². The number of hydrogen-bond acceptors (Lipinski definition) is 4. The molecule has 154 valence electrons. The standard InChI is InChI=1S/C22H33N3O3/c1-28-19-7-5-6-18(14-19)15-20(26)24-10-12-25(13-11-24)21(27)16-22(17-23)8-3-2-4-9-22/h5-7,14H,2-4,8-13,15-17,23H2,1H3. The van der Waals surface area contributed by atoms with Gasteiger partial charge in [-0.2, -0.15) is 0 Å². The molecule has 0 bridgehead atoms. The quantitative estimate of drug-likeness (QED) is 0.812. The number of carbonyl (C=O) groups excluding carboxylic acids is 2. The van der Waals surface area contributed by atoms with E-state index in [0.29, 0.717) is 45.6 Å². The molecule has 2 fully saturated rings. The molecular formula is C22H33N3O3. The van der Waals surface area contributed by atoms with E-state index in [-0.39, 0.29) is 17.2 Å². The summed E-state index contributed by atoms with van der Waals surface area (Å²) in [5.41, 5.74) is 6.98. The second kappa shape index (κ2) is 9.41. The lowest BCUT2D eigenvalue weighted by Gasteiger charge is -2.39. The third-order valence-corrected chi connectivity index (χ3v) is 6.35. The number of benzene rings is 1. The maximum Gasteiger partial charge on any atom is 0.227 e. The summed E-state index contributed by atoms with van der Waals surface area (Å²) in [6, 6.07) is 7.61. The largest absolute Gasteiger partial charge is 0.497 e. The molecule has 0 unspecified atom stereocenters. The van der Waals surface area contributed by atoms with E-state index in [2.05, 4.69) is 0 Å². The van der Waals surface area contributed by atoms with E-state index in [1.54, 1.807) is 7.11 Å². The number of ether oxygens (including phenoxy) is 1. The van der Waals surface area contributed by atoms with Gasteiger partial charge in [0.1, 0.15) is 5.75 Å². The van der Waals surface area contributed by atoms with Gasteiger partial charge in [-0.05, 0) is 42.5 Å². The number of hydrogen-bond donors (Lipinski definition) is 1. The minimum atomic E-state index is -0.00531. The lowest BCUT2D eigenvalue weighted by Crippen LogP contribution is -2.52. The first-order chi connectivity index (χ1) is 13.5. The molecule has 1 heterocycles. The molecule has 2 amide bonds. The summed E-state index contributed by atoms with van der Waals surface area (Å²) in [5.74, 6) is 1.07. The van der Waals surface area contributed by atoms with E-state index in [1.807, 2.05) is 34.1 Å². The number of piperazine rings is 1. The first kappa shape index (κ1) is 20.6. The summed E-state index contributed by atoms with van der Waals surface area (Å²) < 4.78 is 5.22. The highest BCUT2D eigenvalue weighted by Crippen LogP contribution is 2.38. The number of nitrogens with two attached hydrogens (primary N) is 1. The molecule has 0 spiro atoms. The van der Waals surface area contributed by atoms with Crippen molar-refractivity contribution in [2.75, 3.05) is 39.8 Å². The lowest BCUT2D eigenvalue weighted by atomic mass is 9.71. The zero-order chi connectivity index (χ0) is 20.0. The van der Waals surface area contributed by atoms with E-state index >= 15 is 0 Å². The summed E-state index contributed by atoms with van der Waals surface area (Å²) in [4.78, 5) is 29.2. The number of nitrogens with zero attached hydrogens (tertiary/aromatic N) is 2. The van der Waals surface area contributed by atoms with E-state index in [0.717, 1.165) is 24.2 Å². The van der Waals surface area contributed by atoms with Crippen LogP contribution in [0.5, 0.6) is 5.75 Å². The van der Waals surface area contributed by atoms with E-state index in [4.69, 9.17) is 10.5 Å². The highest BCUT2D eigenvalue weighted by molar-refractivity contribution is 5.80. The van der Waals surface area contributed by atoms with Crippen molar-refractivity contribution in [3.63, 3.8) is 0 Å². The van der Waals surface area contributed by atoms with Crippen molar-refractivity contribution in [3.05, 3.63) is 29.8 Å². The maximum atomic E-state index is 12.8. The monoisotopic (exact) mass is 387 g/mol. The third-order valence-electron chi connectivity index (χ3n) is 6.35. The van der Waals surface area contributed by atoms with Crippen LogP contribution in [0.3, 0.4) is 0 Å². The van der Waals surface area contributed by atoms with Crippen LogP contribution in [-0.4, -0.2) is 61.4 Å². The van der Waals surface area contributed by atoms with E-state index < -0.39 is 0 Å². The normalized spacial score (nSPS) is 19.4. The zero-order valence-corrected chi connectivity index (χ0v) is 17.0. The van der Waals surface area contributed by atoms with Gasteiger partial charge < -0.3 is 20.3 Å². The molecule has 0 aromatic heterocycles. The van der Waals surface area contributed by atoms with Gasteiger partial charge in [0.05, 0.1) is 13.5 Å². The maximum absolute atomic E-state index is 12.8. The van der Waals surface area contributed by atoms with Crippen LogP contribution in [-0.2, 0) is 16.0 Å². The van der Waals surface area contributed by atoms with Crippen molar-refractivity contribution >= 4 is 11.8 Å². The molecule has 0 radical (unpaired) electrons. The number of methoxy groups -OCH3 is 1. The zero-order valence-electron chi connectivity index (χ0n) is 17.0. The molecule has 1 saturated carbocycles. The van der Waals surface area contributed by atoms with Crippen LogP contribution in [0.4, 0.5) is 0 Å². The first-order valence-electron chi connectivity index (χ1n) is 10.4. The van der Waals surface area contributed by atoms with Crippen LogP contribution in [0.15, 0.2) is 24.3 Å². The third kappa shape index (κ3) is 5.04. The van der Waals surface area contributed by atoms with Crippen LogP contribution >= 0.6 is 0 Å². The molecule has 1 aliphatic heterocycles. The van der Waals surface area contributed by atoms with Crippen molar-refractivity contribution in [1.82, 2.24) is 9.80 Å². The summed E-state index contributed by atoms with van der Waals surface area (Å²) >= 11 is 0. The fourth-order valence-electron chi connectivity index (χ4n) is 4.46. The van der Waals surface area contributed by atoms with Crippen molar-refractivity contribution < 1.29 is 14.3 Å². The predicted molar refractivity (Wildman–Crippen MR) is 109 cm³/mol. The Kier molecular flexibility index (Phi) is 6.94. The van der Waals surface area contributed by atoms with E-state index in [1.165, 1.54) is 19.3 Å². The Bertz CT molecular complexity index is 677. The average molecular weight is 388 g/mol. The summed E-state index contributed by atoms with van der Waals surface area (Å²) in [5, 5.41) is 0. The fraction of sp³-hybridized carbons (Fsp3) is 0.636. The molecular weight excluding hydrogens is 354 g/mol. The van der Waals surface area contributed by atoms with Gasteiger partial charge in [-0.1, -0.05) is 31.4 Å². The SMILES string of the molecule is COc1cccc(CC(=O)N2CCN(C(=O)CC3(CN)CCCCC3)CC2)c1. The predicted octanol–water partition coefficient (Wildman–Crippen LogP) is 2.21. The van der Waals surface area contributed by atoms with Gasteiger partial charge in [-0.3, -0.25) is 9.59 Å². The lowest BCUT2D eigenvalue weighted by molar-refractivity contribution is -0.141. The van der Waals surface area contributed by atoms with Crippen LogP contribution in [0.25, 0.3) is 0 Å². The van der Waals surface area contributed by atoms with Gasteiger partial charge in [0.2, 0.25) is 11.8 Å². The van der Waals surface area contributed by atoms with Crippen molar-refractivity contribution in [3.8, 4) is 5.75 Å². The van der Waals surface area contributed by atoms with Gasteiger partial charge >= 0.3 is 0 Å². The summed E-state index contributed by atoms with van der Waals surface area (Å²) in [7, 11) is 1.62. The van der Waals surface area contributed by atoms with E-state index in [9.17, 15) is 9.59 Å². The van der Waals surface area contributed by atoms with Gasteiger partial charge in [0, 0.05) is 32.6 Å². The van der Waals surface area contributed by atoms with Crippen molar-refractivity contribution in [2.24, 2.45) is 11.1 Å². The topological polar surface area (TPSA) is 75.9 Å². The molecule has 1 aliphatic carbocycles. The second-order valence-corrected chi connectivity index (χ2v) is 8.23. The minimum Gasteiger partial charge on any atom is -0.497 e. The molecule has 2 aliphatic rings. The minimum absolute atomic E-state index is 0.00531. The molecule has 1 saturated heterocycles. The molecule has 28 heavy (non-hydrogen) atoms. The van der Waals surface area contributed by atoms with Gasteiger partial charge in [-0.15, -0.1) is 0 Å². The highest BCUT2D eigenvalue weighted by atomic mass is 16.5. The molecule has 1 aromatic rings. The molecule has 6 nitrogen and oxygen atoms in total. The Labute approximate surface area is 168 Å².